The summed E-state index contributed by atoms with van der Waals surface area (Å²) in [6.45, 7) is 0.178. The first-order valence-corrected chi connectivity index (χ1v) is 6.92. The van der Waals surface area contributed by atoms with Gasteiger partial charge in [-0.15, -0.1) is 0 Å². The molecule has 1 N–H and O–H groups in total. The van der Waals surface area contributed by atoms with Crippen molar-refractivity contribution in [3.63, 3.8) is 0 Å². The Bertz CT molecular complexity index is 761. The SMILES string of the molecule is COc1cccc(CO/N=C\C(=O)Nc2cccc([N+](=O)[O-])c2)c1. The molecule has 24 heavy (non-hydrogen) atoms. The van der Waals surface area contributed by atoms with Gasteiger partial charge in [0.25, 0.3) is 11.6 Å². The number of carbonyl (C=O) groups is 1. The van der Waals surface area contributed by atoms with Gasteiger partial charge >= 0.3 is 0 Å². The third kappa shape index (κ3) is 5.09. The number of nitro groups is 1. The lowest BCUT2D eigenvalue weighted by molar-refractivity contribution is -0.384. The highest BCUT2D eigenvalue weighted by Gasteiger charge is 2.07. The quantitative estimate of drug-likeness (QED) is 0.478. The van der Waals surface area contributed by atoms with E-state index >= 15 is 0 Å². The number of nitro benzene ring substituents is 1. The molecule has 0 aliphatic carbocycles. The summed E-state index contributed by atoms with van der Waals surface area (Å²) in [5.41, 5.74) is 1.03. The second-order valence-corrected chi connectivity index (χ2v) is 4.66. The standard InChI is InChI=1S/C16H15N3O5/c1-23-15-7-2-4-12(8-15)11-24-17-10-16(20)18-13-5-3-6-14(9-13)19(21)22/h2-10H,11H2,1H3,(H,18,20)/b17-10-. The molecule has 0 saturated carbocycles. The van der Waals surface area contributed by atoms with Crippen LogP contribution < -0.4 is 10.1 Å². The molecule has 124 valence electrons. The van der Waals surface area contributed by atoms with Crippen LogP contribution in [0.1, 0.15) is 5.56 Å². The van der Waals surface area contributed by atoms with E-state index in [4.69, 9.17) is 9.57 Å². The summed E-state index contributed by atoms with van der Waals surface area (Å²) < 4.78 is 5.09. The van der Waals surface area contributed by atoms with Crippen LogP contribution in [-0.2, 0) is 16.2 Å². The van der Waals surface area contributed by atoms with Gasteiger partial charge in [0.2, 0.25) is 0 Å². The molecule has 0 saturated heterocycles. The van der Waals surface area contributed by atoms with E-state index in [1.165, 1.54) is 24.3 Å². The Morgan fingerprint density at radius 2 is 2.08 bits per heavy atom. The second kappa shape index (κ2) is 8.28. The van der Waals surface area contributed by atoms with Crippen LogP contribution in [0.5, 0.6) is 5.75 Å². The summed E-state index contributed by atoms with van der Waals surface area (Å²) in [4.78, 5) is 26.8. The van der Waals surface area contributed by atoms with Gasteiger partial charge in [-0.2, -0.15) is 0 Å². The van der Waals surface area contributed by atoms with Gasteiger partial charge in [0.15, 0.2) is 0 Å². The fraction of sp³-hybridized carbons (Fsp3) is 0.125. The van der Waals surface area contributed by atoms with Gasteiger partial charge in [-0.05, 0) is 23.8 Å². The fourth-order valence-corrected chi connectivity index (χ4v) is 1.83. The Hall–Kier alpha value is -3.42. The number of amides is 1. The third-order valence-corrected chi connectivity index (χ3v) is 2.93. The predicted octanol–water partition coefficient (Wildman–Crippen LogP) is 2.74. The molecule has 1 amide bonds. The summed E-state index contributed by atoms with van der Waals surface area (Å²) in [6.07, 6.45) is 0.957. The number of nitrogens with one attached hydrogen (secondary N) is 1. The smallest absolute Gasteiger partial charge is 0.271 e. The predicted molar refractivity (Wildman–Crippen MR) is 88.0 cm³/mol. The Morgan fingerprint density at radius 1 is 1.29 bits per heavy atom. The molecule has 0 heterocycles. The summed E-state index contributed by atoms with van der Waals surface area (Å²) in [5.74, 6) is 0.143. The first-order valence-electron chi connectivity index (χ1n) is 6.92. The highest BCUT2D eigenvalue weighted by Crippen LogP contribution is 2.16. The molecule has 0 aliphatic rings. The molecule has 8 nitrogen and oxygen atoms in total. The van der Waals surface area contributed by atoms with Crippen molar-refractivity contribution in [2.75, 3.05) is 12.4 Å². The molecule has 0 atom stereocenters. The van der Waals surface area contributed by atoms with E-state index in [0.717, 1.165) is 11.8 Å². The number of oxime groups is 1. The van der Waals surface area contributed by atoms with E-state index in [1.807, 2.05) is 12.1 Å². The number of hydrogen-bond acceptors (Lipinski definition) is 6. The number of rotatable bonds is 7. The summed E-state index contributed by atoms with van der Waals surface area (Å²) in [6, 6.07) is 12.8. The topological polar surface area (TPSA) is 103 Å². The van der Waals surface area contributed by atoms with Crippen LogP contribution in [0.15, 0.2) is 53.7 Å². The van der Waals surface area contributed by atoms with Crippen LogP contribution in [0, 0.1) is 10.1 Å². The van der Waals surface area contributed by atoms with Gasteiger partial charge in [-0.3, -0.25) is 14.9 Å². The molecule has 2 aromatic carbocycles. The van der Waals surface area contributed by atoms with Crippen LogP contribution in [0.3, 0.4) is 0 Å². The molecule has 0 bridgehead atoms. The zero-order chi connectivity index (χ0) is 17.4. The Kier molecular flexibility index (Phi) is 5.84. The van der Waals surface area contributed by atoms with Crippen LogP contribution >= 0.6 is 0 Å². The maximum Gasteiger partial charge on any atom is 0.271 e. The summed E-state index contributed by atoms with van der Waals surface area (Å²) in [5, 5.41) is 16.7. The zero-order valence-electron chi connectivity index (χ0n) is 12.8. The highest BCUT2D eigenvalue weighted by atomic mass is 16.6. The van der Waals surface area contributed by atoms with E-state index < -0.39 is 10.8 Å². The highest BCUT2D eigenvalue weighted by molar-refractivity contribution is 6.31. The second-order valence-electron chi connectivity index (χ2n) is 4.66. The Balaban J connectivity index is 1.84. The van der Waals surface area contributed by atoms with Crippen LogP contribution in [0.2, 0.25) is 0 Å². The fourth-order valence-electron chi connectivity index (χ4n) is 1.83. The van der Waals surface area contributed by atoms with Crippen molar-refractivity contribution in [3.8, 4) is 5.75 Å². The van der Waals surface area contributed by atoms with E-state index in [1.54, 1.807) is 19.2 Å². The Morgan fingerprint density at radius 3 is 2.83 bits per heavy atom. The lowest BCUT2D eigenvalue weighted by Gasteiger charge is -2.03. The average Bonchev–Trinajstić information content (AvgIpc) is 2.59. The number of nitrogens with zero attached hydrogens (tertiary/aromatic N) is 2. The minimum atomic E-state index is -0.554. The molecule has 2 rings (SSSR count). The minimum absolute atomic E-state index is 0.112. The normalized spacial score (nSPS) is 10.4. The van der Waals surface area contributed by atoms with E-state index in [0.29, 0.717) is 11.4 Å². The maximum atomic E-state index is 11.7. The number of non-ortho nitro benzene ring substituents is 1. The Labute approximate surface area is 137 Å². The van der Waals surface area contributed by atoms with Crippen molar-refractivity contribution < 1.29 is 19.3 Å². The van der Waals surface area contributed by atoms with Gasteiger partial charge in [-0.25, -0.2) is 0 Å². The third-order valence-electron chi connectivity index (χ3n) is 2.93. The monoisotopic (exact) mass is 329 g/mol. The molecule has 8 heteroatoms. The van der Waals surface area contributed by atoms with E-state index in [9.17, 15) is 14.9 Å². The number of carbonyl (C=O) groups excluding carboxylic acids is 1. The number of anilines is 1. The number of benzene rings is 2. The van der Waals surface area contributed by atoms with Crippen LogP contribution in [0.4, 0.5) is 11.4 Å². The molecule has 2 aromatic rings. The number of ether oxygens (including phenoxy) is 1. The lowest BCUT2D eigenvalue weighted by atomic mass is 10.2. The van der Waals surface area contributed by atoms with Gasteiger partial charge < -0.3 is 14.9 Å². The average molecular weight is 329 g/mol. The molecule has 0 unspecified atom stereocenters. The summed E-state index contributed by atoms with van der Waals surface area (Å²) >= 11 is 0. The first-order chi connectivity index (χ1) is 11.6. The van der Waals surface area contributed by atoms with Gasteiger partial charge in [0.1, 0.15) is 18.6 Å². The number of methoxy groups -OCH3 is 1. The minimum Gasteiger partial charge on any atom is -0.497 e. The van der Waals surface area contributed by atoms with Crippen molar-refractivity contribution in [2.24, 2.45) is 5.16 Å². The van der Waals surface area contributed by atoms with Crippen molar-refractivity contribution in [3.05, 3.63) is 64.2 Å². The van der Waals surface area contributed by atoms with Crippen molar-refractivity contribution >= 4 is 23.5 Å². The molecular formula is C16H15N3O5. The van der Waals surface area contributed by atoms with Gasteiger partial charge in [0.05, 0.1) is 12.0 Å². The maximum absolute atomic E-state index is 11.7. The summed E-state index contributed by atoms with van der Waals surface area (Å²) in [7, 11) is 1.57. The largest absolute Gasteiger partial charge is 0.497 e. The zero-order valence-corrected chi connectivity index (χ0v) is 12.8. The van der Waals surface area contributed by atoms with E-state index in [2.05, 4.69) is 10.5 Å². The van der Waals surface area contributed by atoms with Crippen molar-refractivity contribution in [2.45, 2.75) is 6.61 Å². The molecule has 0 fully saturated rings. The van der Waals surface area contributed by atoms with Crippen LogP contribution in [0.25, 0.3) is 0 Å². The van der Waals surface area contributed by atoms with Crippen LogP contribution in [-0.4, -0.2) is 24.2 Å². The molecule has 0 radical (unpaired) electrons. The molecule has 0 aromatic heterocycles. The van der Waals surface area contributed by atoms with E-state index in [-0.39, 0.29) is 12.3 Å². The molecule has 0 aliphatic heterocycles. The first kappa shape index (κ1) is 16.9. The molecule has 0 spiro atoms. The lowest BCUT2D eigenvalue weighted by Crippen LogP contribution is -2.12. The molecular weight excluding hydrogens is 314 g/mol. The van der Waals surface area contributed by atoms with Crippen molar-refractivity contribution in [1.82, 2.24) is 0 Å². The van der Waals surface area contributed by atoms with Gasteiger partial charge in [-0.1, -0.05) is 23.4 Å². The number of hydrogen-bond donors (Lipinski definition) is 1. The van der Waals surface area contributed by atoms with Crippen molar-refractivity contribution in [1.29, 1.82) is 0 Å². The van der Waals surface area contributed by atoms with Gasteiger partial charge in [0, 0.05) is 17.8 Å².